The van der Waals surface area contributed by atoms with E-state index in [1.54, 1.807) is 18.2 Å². The molecule has 1 aromatic heterocycles. The molecule has 1 heterocycles. The summed E-state index contributed by atoms with van der Waals surface area (Å²) in [6.07, 6.45) is 0. The zero-order valence-electron chi connectivity index (χ0n) is 13.2. The fourth-order valence-corrected chi connectivity index (χ4v) is 3.99. The van der Waals surface area contributed by atoms with Crippen LogP contribution in [0.4, 0.5) is 0 Å². The van der Waals surface area contributed by atoms with Gasteiger partial charge in [-0.05, 0) is 77.6 Å². The number of methoxy groups -OCH3 is 1. The van der Waals surface area contributed by atoms with E-state index in [1.165, 1.54) is 7.11 Å². The summed E-state index contributed by atoms with van der Waals surface area (Å²) >= 11 is 10.7. The average molecular weight is 531 g/mol. The van der Waals surface area contributed by atoms with Crippen LogP contribution in [0.1, 0.15) is 15.9 Å². The highest BCUT2D eigenvalue weighted by Gasteiger charge is 2.20. The second-order valence-corrected chi connectivity index (χ2v) is 7.92. The SMILES string of the molecule is COc1c(C)cc(Br)cc1C(=O)n1c(=S)[nH]c2ccc(I)cc2c1=O. The van der Waals surface area contributed by atoms with E-state index in [1.807, 2.05) is 19.1 Å². The molecule has 0 aliphatic carbocycles. The first-order valence-electron chi connectivity index (χ1n) is 7.17. The van der Waals surface area contributed by atoms with Crippen LogP contribution in [0.3, 0.4) is 0 Å². The van der Waals surface area contributed by atoms with Crippen molar-refractivity contribution in [1.29, 1.82) is 0 Å². The third kappa shape index (κ3) is 3.30. The molecule has 0 fully saturated rings. The van der Waals surface area contributed by atoms with Gasteiger partial charge in [-0.25, -0.2) is 4.57 Å². The number of aromatic nitrogens is 2. The summed E-state index contributed by atoms with van der Waals surface area (Å²) in [5.41, 5.74) is 1.18. The molecule has 3 aromatic rings. The Kier molecular flexibility index (Phi) is 5.12. The van der Waals surface area contributed by atoms with Crippen LogP contribution in [0, 0.1) is 15.3 Å². The number of nitrogens with one attached hydrogen (secondary N) is 1. The average Bonchev–Trinajstić information content (AvgIpc) is 2.55. The Morgan fingerprint density at radius 2 is 2.04 bits per heavy atom. The van der Waals surface area contributed by atoms with Gasteiger partial charge in [0.2, 0.25) is 0 Å². The number of aromatic amines is 1. The Bertz CT molecular complexity index is 1140. The van der Waals surface area contributed by atoms with Crippen molar-refractivity contribution >= 4 is 67.5 Å². The molecule has 8 heteroatoms. The quantitative estimate of drug-likeness (QED) is 0.393. The second-order valence-electron chi connectivity index (χ2n) is 5.37. The molecule has 1 N–H and O–H groups in total. The zero-order valence-corrected chi connectivity index (χ0v) is 17.8. The van der Waals surface area contributed by atoms with Crippen LogP contribution >= 0.6 is 50.7 Å². The molecule has 0 unspecified atom stereocenters. The first kappa shape index (κ1) is 18.3. The van der Waals surface area contributed by atoms with E-state index in [4.69, 9.17) is 17.0 Å². The number of carbonyl (C=O) groups is 1. The second kappa shape index (κ2) is 7.00. The van der Waals surface area contributed by atoms with Crippen LogP contribution in [-0.2, 0) is 0 Å². The first-order chi connectivity index (χ1) is 11.8. The molecule has 25 heavy (non-hydrogen) atoms. The molecule has 0 saturated carbocycles. The van der Waals surface area contributed by atoms with E-state index in [9.17, 15) is 9.59 Å². The monoisotopic (exact) mass is 530 g/mol. The van der Waals surface area contributed by atoms with Crippen LogP contribution in [0.15, 0.2) is 39.6 Å². The number of halogens is 2. The van der Waals surface area contributed by atoms with Crippen molar-refractivity contribution in [3.05, 3.63) is 64.6 Å². The lowest BCUT2D eigenvalue weighted by Crippen LogP contribution is -2.29. The number of aryl methyl sites for hydroxylation is 1. The van der Waals surface area contributed by atoms with Crippen molar-refractivity contribution in [1.82, 2.24) is 9.55 Å². The highest BCUT2D eigenvalue weighted by molar-refractivity contribution is 14.1. The van der Waals surface area contributed by atoms with Crippen molar-refractivity contribution in [2.45, 2.75) is 6.92 Å². The lowest BCUT2D eigenvalue weighted by atomic mass is 10.1. The maximum absolute atomic E-state index is 13.1. The Labute approximate surface area is 170 Å². The Morgan fingerprint density at radius 3 is 2.72 bits per heavy atom. The Hall–Kier alpha value is -1.52. The lowest BCUT2D eigenvalue weighted by Gasteiger charge is -2.13. The van der Waals surface area contributed by atoms with E-state index in [-0.39, 0.29) is 10.3 Å². The van der Waals surface area contributed by atoms with E-state index in [0.29, 0.717) is 21.1 Å². The van der Waals surface area contributed by atoms with Gasteiger partial charge in [0.05, 0.1) is 23.6 Å². The number of fused-ring (bicyclic) bond motifs is 1. The topological polar surface area (TPSA) is 64.1 Å². The third-order valence-electron chi connectivity index (χ3n) is 3.74. The molecule has 3 rings (SSSR count). The summed E-state index contributed by atoms with van der Waals surface area (Å²) in [5, 5.41) is 0.402. The minimum atomic E-state index is -0.534. The van der Waals surface area contributed by atoms with Gasteiger partial charge in [0.25, 0.3) is 11.5 Å². The molecule has 2 aromatic carbocycles. The van der Waals surface area contributed by atoms with E-state index >= 15 is 0 Å². The van der Waals surface area contributed by atoms with Crippen molar-refractivity contribution < 1.29 is 9.53 Å². The van der Waals surface area contributed by atoms with Gasteiger partial charge in [-0.2, -0.15) is 0 Å². The molecule has 0 atom stereocenters. The zero-order chi connectivity index (χ0) is 18.3. The fourth-order valence-electron chi connectivity index (χ4n) is 2.65. The highest BCUT2D eigenvalue weighted by Crippen LogP contribution is 2.28. The van der Waals surface area contributed by atoms with Gasteiger partial charge in [0.15, 0.2) is 4.77 Å². The summed E-state index contributed by atoms with van der Waals surface area (Å²) in [5.74, 6) is -0.120. The molecular weight excluding hydrogens is 519 g/mol. The summed E-state index contributed by atoms with van der Waals surface area (Å²) in [6, 6.07) is 8.81. The smallest absolute Gasteiger partial charge is 0.270 e. The molecule has 0 aliphatic rings. The molecule has 0 bridgehead atoms. The van der Waals surface area contributed by atoms with E-state index in [0.717, 1.165) is 13.7 Å². The molecule has 0 radical (unpaired) electrons. The van der Waals surface area contributed by atoms with Gasteiger partial charge in [-0.1, -0.05) is 15.9 Å². The predicted octanol–water partition coefficient (Wildman–Crippen LogP) is 4.43. The van der Waals surface area contributed by atoms with Gasteiger partial charge in [0.1, 0.15) is 5.75 Å². The van der Waals surface area contributed by atoms with Crippen molar-refractivity contribution in [3.8, 4) is 5.75 Å². The molecular formula is C17H12BrIN2O3S. The van der Waals surface area contributed by atoms with Crippen LogP contribution in [0.25, 0.3) is 10.9 Å². The van der Waals surface area contributed by atoms with Crippen LogP contribution in [0.5, 0.6) is 5.75 Å². The van der Waals surface area contributed by atoms with E-state index < -0.39 is 11.5 Å². The number of carbonyl (C=O) groups excluding carboxylic acids is 1. The van der Waals surface area contributed by atoms with Crippen molar-refractivity contribution in [2.75, 3.05) is 7.11 Å². The number of hydrogen-bond acceptors (Lipinski definition) is 4. The lowest BCUT2D eigenvalue weighted by molar-refractivity contribution is 0.0950. The van der Waals surface area contributed by atoms with E-state index in [2.05, 4.69) is 43.5 Å². The van der Waals surface area contributed by atoms with Crippen LogP contribution in [0.2, 0.25) is 0 Å². The summed E-state index contributed by atoms with van der Waals surface area (Å²) in [6.45, 7) is 1.83. The summed E-state index contributed by atoms with van der Waals surface area (Å²) < 4.78 is 7.98. The number of hydrogen-bond donors (Lipinski definition) is 1. The number of ether oxygens (including phenoxy) is 1. The number of nitrogens with zero attached hydrogens (tertiary/aromatic N) is 1. The highest BCUT2D eigenvalue weighted by atomic mass is 127. The maximum Gasteiger partial charge on any atom is 0.270 e. The number of benzene rings is 2. The summed E-state index contributed by atoms with van der Waals surface area (Å²) in [4.78, 5) is 28.9. The normalized spacial score (nSPS) is 10.9. The molecule has 0 amide bonds. The largest absolute Gasteiger partial charge is 0.496 e. The molecule has 0 spiro atoms. The molecule has 0 aliphatic heterocycles. The third-order valence-corrected chi connectivity index (χ3v) is 5.15. The van der Waals surface area contributed by atoms with Gasteiger partial charge < -0.3 is 9.72 Å². The Balaban J connectivity index is 2.33. The van der Waals surface area contributed by atoms with Gasteiger partial charge in [-0.3, -0.25) is 9.59 Å². The predicted molar refractivity (Wildman–Crippen MR) is 111 cm³/mol. The van der Waals surface area contributed by atoms with Gasteiger partial charge >= 0.3 is 0 Å². The molecule has 5 nitrogen and oxygen atoms in total. The number of rotatable bonds is 2. The minimum absolute atomic E-state index is 0.0448. The van der Waals surface area contributed by atoms with Gasteiger partial charge in [0, 0.05) is 8.04 Å². The standard InChI is InChI=1S/C17H12BrIN2O3S/c1-8-5-9(18)6-12(14(8)24-2)16(23)21-15(22)11-7-10(19)3-4-13(11)20-17(21)25/h3-7H,1-2H3,(H,20,25). The van der Waals surface area contributed by atoms with Crippen LogP contribution < -0.4 is 10.3 Å². The fraction of sp³-hybridized carbons (Fsp3) is 0.118. The van der Waals surface area contributed by atoms with Crippen LogP contribution in [-0.4, -0.2) is 22.6 Å². The Morgan fingerprint density at radius 1 is 1.32 bits per heavy atom. The van der Waals surface area contributed by atoms with Gasteiger partial charge in [-0.15, -0.1) is 0 Å². The number of H-pyrrole nitrogens is 1. The summed E-state index contributed by atoms with van der Waals surface area (Å²) in [7, 11) is 1.49. The minimum Gasteiger partial charge on any atom is -0.496 e. The molecule has 128 valence electrons. The van der Waals surface area contributed by atoms with Crippen molar-refractivity contribution in [3.63, 3.8) is 0 Å². The van der Waals surface area contributed by atoms with Crippen molar-refractivity contribution in [2.24, 2.45) is 0 Å². The molecule has 0 saturated heterocycles. The maximum atomic E-state index is 13.1. The first-order valence-corrected chi connectivity index (χ1v) is 9.45.